The quantitative estimate of drug-likeness (QED) is 0.267. The highest BCUT2D eigenvalue weighted by molar-refractivity contribution is 5.34. The fourth-order valence-corrected chi connectivity index (χ4v) is 3.71. The molecular formula is C36H50N2O5. The van der Waals surface area contributed by atoms with Gasteiger partial charge in [0, 0.05) is 17.2 Å². The van der Waals surface area contributed by atoms with Gasteiger partial charge in [-0.15, -0.1) is 6.42 Å². The van der Waals surface area contributed by atoms with Crippen molar-refractivity contribution < 1.29 is 23.7 Å². The second-order valence-electron chi connectivity index (χ2n) is 10.3. The summed E-state index contributed by atoms with van der Waals surface area (Å²) >= 11 is 0. The zero-order chi connectivity index (χ0) is 29.6. The second-order valence-corrected chi connectivity index (χ2v) is 10.3. The molecule has 0 bridgehead atoms. The molecule has 0 saturated heterocycles. The number of rotatable bonds is 8. The monoisotopic (exact) mass is 590 g/mol. The molecular weight excluding hydrogens is 540 g/mol. The van der Waals surface area contributed by atoms with E-state index >= 15 is 0 Å². The van der Waals surface area contributed by atoms with Crippen molar-refractivity contribution in [3.8, 4) is 23.8 Å². The first kappa shape index (κ1) is 37.3. The van der Waals surface area contributed by atoms with Crippen LogP contribution in [0.2, 0.25) is 0 Å². The lowest BCUT2D eigenvalue weighted by Gasteiger charge is -2.26. The molecule has 3 aromatic carbocycles. The standard InChI is InChI=1S/C12H16O3.C12H14O.C10H12N2O.2CH4/c1-9(2)13-8-12-14-7-10-5-3-4-6-11(10)15-12;1-4-11-5-7-12(8-6-11)9-13-10(2)3;1-7(2)13-8-3-4-9-10(5-8)12-6-11-9;;/h3-6,9,12H,7-8H2,1-2H3;1,5-8,10H,9H2,2-3H3;3-5,7H,6H2,1-2H3;2*1H4. The number of nitrogens with zero attached hydrogens (tertiary/aromatic N) is 2. The van der Waals surface area contributed by atoms with Gasteiger partial charge < -0.3 is 23.7 Å². The van der Waals surface area contributed by atoms with Crippen LogP contribution in [0.4, 0.5) is 0 Å². The molecule has 0 spiro atoms. The summed E-state index contributed by atoms with van der Waals surface area (Å²) in [7, 11) is 0. The van der Waals surface area contributed by atoms with E-state index in [0.29, 0.717) is 26.5 Å². The molecule has 0 N–H and O–H groups in total. The van der Waals surface area contributed by atoms with Gasteiger partial charge in [-0.05, 0) is 77.4 Å². The summed E-state index contributed by atoms with van der Waals surface area (Å²) in [5.41, 5.74) is 3.17. The molecule has 2 heterocycles. The minimum Gasteiger partial charge on any atom is -0.491 e. The average Bonchev–Trinajstić information content (AvgIpc) is 3.43. The van der Waals surface area contributed by atoms with E-state index in [1.54, 1.807) is 0 Å². The molecule has 0 radical (unpaired) electrons. The molecule has 0 saturated carbocycles. The van der Waals surface area contributed by atoms with Crippen molar-refractivity contribution in [3.63, 3.8) is 0 Å². The van der Waals surface area contributed by atoms with Gasteiger partial charge in [0.1, 0.15) is 24.8 Å². The maximum atomic E-state index is 5.64. The first-order valence-electron chi connectivity index (χ1n) is 14.0. The number of terminal acetylenes is 1. The molecule has 3 aromatic rings. The van der Waals surface area contributed by atoms with Gasteiger partial charge in [-0.3, -0.25) is 9.98 Å². The van der Waals surface area contributed by atoms with Crippen LogP contribution in [0.15, 0.2) is 76.7 Å². The molecule has 7 nitrogen and oxygen atoms in total. The van der Waals surface area contributed by atoms with Crippen LogP contribution in [0.3, 0.4) is 0 Å². The first-order valence-corrected chi connectivity index (χ1v) is 14.0. The number of hydrogen-bond donors (Lipinski definition) is 0. The molecule has 5 rings (SSSR count). The van der Waals surface area contributed by atoms with Crippen LogP contribution in [0.1, 0.15) is 73.1 Å². The Hall–Kier alpha value is -3.70. The minimum absolute atomic E-state index is 0. The van der Waals surface area contributed by atoms with Gasteiger partial charge in [0.25, 0.3) is 0 Å². The van der Waals surface area contributed by atoms with Crippen molar-refractivity contribution >= 4 is 0 Å². The van der Waals surface area contributed by atoms with E-state index in [9.17, 15) is 0 Å². The van der Waals surface area contributed by atoms with Crippen LogP contribution in [-0.2, 0) is 27.4 Å². The molecule has 0 aromatic heterocycles. The summed E-state index contributed by atoms with van der Waals surface area (Å²) in [6.07, 6.45) is 5.64. The molecule has 2 aliphatic rings. The normalized spacial score (nSPS) is 14.0. The van der Waals surface area contributed by atoms with E-state index in [4.69, 9.17) is 30.1 Å². The largest absolute Gasteiger partial charge is 0.491 e. The summed E-state index contributed by atoms with van der Waals surface area (Å²) in [6.45, 7) is 14.3. The van der Waals surface area contributed by atoms with Crippen LogP contribution in [0, 0.1) is 12.3 Å². The molecule has 1 atom stereocenters. The topological polar surface area (TPSA) is 70.9 Å². The van der Waals surface area contributed by atoms with Gasteiger partial charge in [-0.25, -0.2) is 0 Å². The zero-order valence-corrected chi connectivity index (χ0v) is 25.0. The van der Waals surface area contributed by atoms with Crippen LogP contribution in [0.5, 0.6) is 11.5 Å². The summed E-state index contributed by atoms with van der Waals surface area (Å²) in [5, 5.41) is 1.91. The number of para-hydroxylation sites is 1. The molecule has 1 unspecified atom stereocenters. The third-order valence-corrected chi connectivity index (χ3v) is 5.73. The molecule has 7 heteroatoms. The molecule has 2 aliphatic heterocycles. The first-order chi connectivity index (χ1) is 19.7. The summed E-state index contributed by atoms with van der Waals surface area (Å²) < 4.78 is 27.6. The molecule has 0 aliphatic carbocycles. The third-order valence-electron chi connectivity index (χ3n) is 5.73. The van der Waals surface area contributed by atoms with E-state index in [0.717, 1.165) is 38.9 Å². The maximum absolute atomic E-state index is 5.64. The summed E-state index contributed by atoms with van der Waals surface area (Å²) in [6, 6.07) is 21.6. The average molecular weight is 591 g/mol. The molecule has 0 fully saturated rings. The molecule has 0 amide bonds. The van der Waals surface area contributed by atoms with E-state index in [2.05, 4.69) is 15.9 Å². The summed E-state index contributed by atoms with van der Waals surface area (Å²) in [4.78, 5) is 8.42. The van der Waals surface area contributed by atoms with Crippen molar-refractivity contribution in [3.05, 3.63) is 94.1 Å². The van der Waals surface area contributed by atoms with Crippen molar-refractivity contribution in [1.82, 2.24) is 0 Å². The predicted octanol–water partition coefficient (Wildman–Crippen LogP) is 6.90. The van der Waals surface area contributed by atoms with E-state index < -0.39 is 0 Å². The minimum atomic E-state index is -0.276. The fraction of sp³-hybridized carbons (Fsp3) is 0.444. The van der Waals surface area contributed by atoms with Crippen molar-refractivity contribution in [2.45, 2.75) is 94.2 Å². The highest BCUT2D eigenvalue weighted by Gasteiger charge is 2.20. The lowest BCUT2D eigenvalue weighted by atomic mass is 10.1. The van der Waals surface area contributed by atoms with Crippen LogP contribution in [0.25, 0.3) is 0 Å². The van der Waals surface area contributed by atoms with Gasteiger partial charge in [0.15, 0.2) is 0 Å². The summed E-state index contributed by atoms with van der Waals surface area (Å²) in [5.74, 6) is 4.35. The molecule has 43 heavy (non-hydrogen) atoms. The van der Waals surface area contributed by atoms with Crippen LogP contribution < -0.4 is 20.2 Å². The fourth-order valence-electron chi connectivity index (χ4n) is 3.71. The second kappa shape index (κ2) is 19.5. The Bertz CT molecular complexity index is 1380. The van der Waals surface area contributed by atoms with E-state index in [1.807, 2.05) is 108 Å². The zero-order valence-electron chi connectivity index (χ0n) is 25.0. The van der Waals surface area contributed by atoms with Crippen molar-refractivity contribution in [2.75, 3.05) is 13.3 Å². The smallest absolute Gasteiger partial charge is 0.223 e. The van der Waals surface area contributed by atoms with Gasteiger partial charge >= 0.3 is 0 Å². The van der Waals surface area contributed by atoms with E-state index in [-0.39, 0.29) is 39.5 Å². The van der Waals surface area contributed by atoms with Gasteiger partial charge in [0.05, 0.1) is 42.2 Å². The van der Waals surface area contributed by atoms with Gasteiger partial charge in [-0.1, -0.05) is 51.1 Å². The van der Waals surface area contributed by atoms with E-state index in [1.165, 1.54) is 0 Å². The Kier molecular flexibility index (Phi) is 16.9. The maximum Gasteiger partial charge on any atom is 0.223 e. The Morgan fingerprint density at radius 2 is 1.51 bits per heavy atom. The Morgan fingerprint density at radius 1 is 0.837 bits per heavy atom. The number of hydrogen-bond acceptors (Lipinski definition) is 7. The van der Waals surface area contributed by atoms with Crippen LogP contribution in [-0.4, -0.2) is 37.9 Å². The third kappa shape index (κ3) is 13.4. The Balaban J connectivity index is 0.000000316. The van der Waals surface area contributed by atoms with Crippen LogP contribution >= 0.6 is 0 Å². The van der Waals surface area contributed by atoms with Crippen molar-refractivity contribution in [2.24, 2.45) is 9.98 Å². The van der Waals surface area contributed by atoms with Gasteiger partial charge in [-0.2, -0.15) is 0 Å². The highest BCUT2D eigenvalue weighted by atomic mass is 16.7. The van der Waals surface area contributed by atoms with Crippen molar-refractivity contribution in [1.29, 1.82) is 0 Å². The lowest BCUT2D eigenvalue weighted by Crippen LogP contribution is -2.31. The lowest BCUT2D eigenvalue weighted by molar-refractivity contribution is -0.150. The number of ether oxygens (including phenoxy) is 5. The Labute approximate surface area is 258 Å². The number of fused-ring (bicyclic) bond motifs is 2. The predicted molar refractivity (Wildman–Crippen MR) is 174 cm³/mol. The van der Waals surface area contributed by atoms with Gasteiger partial charge in [0.2, 0.25) is 6.29 Å². The highest BCUT2D eigenvalue weighted by Crippen LogP contribution is 2.25. The molecule has 234 valence electrons. The number of benzene rings is 3. The Morgan fingerprint density at radius 3 is 2.16 bits per heavy atom. The SMILES string of the molecule is C.C.C#Cc1ccc(COC(C)C)cc1.CC(C)OCC1OCc2ccccc2O1.CC(C)Oc1ccc2c(c1)=NCN=2.